The van der Waals surface area contributed by atoms with E-state index in [9.17, 15) is 13.2 Å². The van der Waals surface area contributed by atoms with Crippen LogP contribution in [0.5, 0.6) is 0 Å². The van der Waals surface area contributed by atoms with Gasteiger partial charge in [-0.15, -0.1) is 5.10 Å². The molecule has 0 aliphatic carbocycles. The molecular weight excluding hydrogens is 360 g/mol. The second-order valence-corrected chi connectivity index (χ2v) is 8.61. The van der Waals surface area contributed by atoms with Crippen molar-refractivity contribution in [2.75, 3.05) is 5.75 Å². The second kappa shape index (κ2) is 5.66. The maximum absolute atomic E-state index is 12.6. The molecule has 3 rings (SSSR count). The zero-order valence-corrected chi connectivity index (χ0v) is 14.5. The molecule has 23 heavy (non-hydrogen) atoms. The van der Waals surface area contributed by atoms with E-state index >= 15 is 0 Å². The fourth-order valence-corrected chi connectivity index (χ4v) is 4.56. The normalized spacial score (nSPS) is 12.0. The molecule has 7 nitrogen and oxygen atoms in total. The van der Waals surface area contributed by atoms with Crippen molar-refractivity contribution in [2.24, 2.45) is 0 Å². The van der Waals surface area contributed by atoms with Gasteiger partial charge >= 0.3 is 0 Å². The smallest absolute Gasteiger partial charge is 0.266 e. The molecule has 2 heterocycles. The molecular formula is C13H11ClN4O3S2. The topological polar surface area (TPSA) is 94.8 Å². The van der Waals surface area contributed by atoms with Gasteiger partial charge in [0.25, 0.3) is 5.56 Å². The summed E-state index contributed by atoms with van der Waals surface area (Å²) in [4.78, 5) is 16.5. The summed E-state index contributed by atoms with van der Waals surface area (Å²) in [7, 11) is -3.51. The third kappa shape index (κ3) is 2.64. The SMILES string of the molecule is CCS(=O)(=O)c1nc2nnn(-c3c(C)cccc3Cl)c(=O)c2s1. The van der Waals surface area contributed by atoms with Crippen LogP contribution in [0, 0.1) is 6.92 Å². The Morgan fingerprint density at radius 3 is 2.74 bits per heavy atom. The highest BCUT2D eigenvalue weighted by atomic mass is 35.5. The number of aryl methyl sites for hydroxylation is 1. The molecule has 0 spiro atoms. The minimum Gasteiger partial charge on any atom is -0.266 e. The quantitative estimate of drug-likeness (QED) is 0.699. The molecule has 0 unspecified atom stereocenters. The number of benzene rings is 1. The number of sulfone groups is 1. The van der Waals surface area contributed by atoms with Gasteiger partial charge in [-0.3, -0.25) is 4.79 Å². The molecule has 120 valence electrons. The highest BCUT2D eigenvalue weighted by Crippen LogP contribution is 2.25. The van der Waals surface area contributed by atoms with E-state index in [-0.39, 0.29) is 20.4 Å². The third-order valence-electron chi connectivity index (χ3n) is 3.25. The summed E-state index contributed by atoms with van der Waals surface area (Å²) in [6.07, 6.45) is 0. The molecule has 3 aromatic rings. The first kappa shape index (κ1) is 16.0. The summed E-state index contributed by atoms with van der Waals surface area (Å²) >= 11 is 6.95. The molecule has 2 aromatic heterocycles. The number of thiazole rings is 1. The van der Waals surface area contributed by atoms with Gasteiger partial charge in [-0.2, -0.15) is 4.68 Å². The van der Waals surface area contributed by atoms with Crippen molar-refractivity contribution >= 4 is 43.1 Å². The maximum atomic E-state index is 12.6. The van der Waals surface area contributed by atoms with Gasteiger partial charge in [0.1, 0.15) is 4.70 Å². The first-order valence-electron chi connectivity index (χ1n) is 6.60. The molecule has 0 saturated carbocycles. The molecule has 1 aromatic carbocycles. The van der Waals surface area contributed by atoms with Gasteiger partial charge < -0.3 is 0 Å². The Kier molecular flexibility index (Phi) is 3.95. The first-order valence-corrected chi connectivity index (χ1v) is 9.44. The fourth-order valence-electron chi connectivity index (χ4n) is 2.02. The van der Waals surface area contributed by atoms with Gasteiger partial charge in [0.05, 0.1) is 16.5 Å². The van der Waals surface area contributed by atoms with Crippen molar-refractivity contribution in [1.29, 1.82) is 0 Å². The summed E-state index contributed by atoms with van der Waals surface area (Å²) in [6, 6.07) is 5.19. The molecule has 0 radical (unpaired) electrons. The Morgan fingerprint density at radius 2 is 2.09 bits per heavy atom. The van der Waals surface area contributed by atoms with E-state index < -0.39 is 15.4 Å². The molecule has 0 bridgehead atoms. The summed E-state index contributed by atoms with van der Waals surface area (Å²) < 4.78 is 24.9. The highest BCUT2D eigenvalue weighted by Gasteiger charge is 2.21. The Bertz CT molecular complexity index is 1050. The van der Waals surface area contributed by atoms with Crippen LogP contribution >= 0.6 is 22.9 Å². The molecule has 0 N–H and O–H groups in total. The van der Waals surface area contributed by atoms with E-state index in [0.29, 0.717) is 10.7 Å². The number of para-hydroxylation sites is 1. The number of rotatable bonds is 3. The van der Waals surface area contributed by atoms with Crippen molar-refractivity contribution in [3.05, 3.63) is 39.1 Å². The van der Waals surface area contributed by atoms with Crippen LogP contribution in [0.3, 0.4) is 0 Å². The summed E-state index contributed by atoms with van der Waals surface area (Å²) in [5.41, 5.74) is 0.690. The molecule has 0 atom stereocenters. The first-order chi connectivity index (χ1) is 10.8. The lowest BCUT2D eigenvalue weighted by Crippen LogP contribution is -2.22. The van der Waals surface area contributed by atoms with Crippen LogP contribution in [0.25, 0.3) is 16.0 Å². The number of nitrogens with zero attached hydrogens (tertiary/aromatic N) is 4. The Hall–Kier alpha value is -1.84. The lowest BCUT2D eigenvalue weighted by molar-refractivity contribution is 0.596. The van der Waals surface area contributed by atoms with E-state index in [0.717, 1.165) is 21.6 Å². The van der Waals surface area contributed by atoms with Gasteiger partial charge in [0.2, 0.25) is 19.8 Å². The third-order valence-corrected chi connectivity index (χ3v) is 6.78. The zero-order valence-electron chi connectivity index (χ0n) is 12.1. The van der Waals surface area contributed by atoms with Gasteiger partial charge in [-0.1, -0.05) is 47.2 Å². The minimum atomic E-state index is -3.51. The molecule has 0 aliphatic rings. The maximum Gasteiger partial charge on any atom is 0.294 e. The van der Waals surface area contributed by atoms with Crippen LogP contribution in [0.15, 0.2) is 27.3 Å². The molecule has 10 heteroatoms. The van der Waals surface area contributed by atoms with E-state index in [1.807, 2.05) is 0 Å². The standard InChI is InChI=1S/C13H11ClN4O3S2/c1-3-23(20,21)13-15-11-10(22-13)12(19)18(17-16-11)9-7(2)5-4-6-8(9)14/h4-6H,3H2,1-2H3. The van der Waals surface area contributed by atoms with Crippen molar-refractivity contribution in [3.8, 4) is 5.69 Å². The van der Waals surface area contributed by atoms with Gasteiger partial charge in [0, 0.05) is 0 Å². The molecule has 0 amide bonds. The van der Waals surface area contributed by atoms with Crippen molar-refractivity contribution in [3.63, 3.8) is 0 Å². The van der Waals surface area contributed by atoms with Crippen LogP contribution in [0.2, 0.25) is 5.02 Å². The predicted molar refractivity (Wildman–Crippen MR) is 88.3 cm³/mol. The average molecular weight is 371 g/mol. The van der Waals surface area contributed by atoms with Crippen LogP contribution < -0.4 is 5.56 Å². The van der Waals surface area contributed by atoms with E-state index in [2.05, 4.69) is 15.3 Å². The van der Waals surface area contributed by atoms with Crippen molar-refractivity contribution < 1.29 is 8.42 Å². The lowest BCUT2D eigenvalue weighted by atomic mass is 10.2. The summed E-state index contributed by atoms with van der Waals surface area (Å²) in [5, 5.41) is 8.05. The van der Waals surface area contributed by atoms with Gasteiger partial charge in [-0.05, 0) is 18.6 Å². The van der Waals surface area contributed by atoms with Gasteiger partial charge in [-0.25, -0.2) is 13.4 Å². The number of hydrogen-bond donors (Lipinski definition) is 0. The Labute approximate surface area is 140 Å². The number of fused-ring (bicyclic) bond motifs is 1. The van der Waals surface area contributed by atoms with E-state index in [4.69, 9.17) is 11.6 Å². The average Bonchev–Trinajstić information content (AvgIpc) is 2.95. The molecule has 0 saturated heterocycles. The van der Waals surface area contributed by atoms with Crippen LogP contribution in [-0.4, -0.2) is 34.1 Å². The number of halogens is 1. The van der Waals surface area contributed by atoms with Crippen molar-refractivity contribution in [2.45, 2.75) is 18.2 Å². The largest absolute Gasteiger partial charge is 0.294 e. The van der Waals surface area contributed by atoms with E-state index in [1.54, 1.807) is 25.1 Å². The monoisotopic (exact) mass is 370 g/mol. The van der Waals surface area contributed by atoms with Crippen LogP contribution in [0.1, 0.15) is 12.5 Å². The zero-order chi connectivity index (χ0) is 16.8. The fraction of sp³-hybridized carbons (Fsp3) is 0.231. The molecule has 0 fully saturated rings. The highest BCUT2D eigenvalue weighted by molar-refractivity contribution is 7.93. The minimum absolute atomic E-state index is 0.0213. The second-order valence-electron chi connectivity index (χ2n) is 4.75. The van der Waals surface area contributed by atoms with Crippen LogP contribution in [-0.2, 0) is 9.84 Å². The molecule has 0 aliphatic heterocycles. The van der Waals surface area contributed by atoms with Crippen LogP contribution in [0.4, 0.5) is 0 Å². The van der Waals surface area contributed by atoms with Gasteiger partial charge in [0.15, 0.2) is 0 Å². The predicted octanol–water partition coefficient (Wildman–Crippen LogP) is 1.99. The van der Waals surface area contributed by atoms with Crippen molar-refractivity contribution in [1.82, 2.24) is 20.0 Å². The summed E-state index contributed by atoms with van der Waals surface area (Å²) in [5.74, 6) is -0.0991. The Morgan fingerprint density at radius 1 is 1.35 bits per heavy atom. The lowest BCUT2D eigenvalue weighted by Gasteiger charge is -2.08. The number of aromatic nitrogens is 4. The number of hydrogen-bond acceptors (Lipinski definition) is 7. The van der Waals surface area contributed by atoms with E-state index in [1.165, 1.54) is 6.92 Å². The Balaban J connectivity index is 2.31. The summed E-state index contributed by atoms with van der Waals surface area (Å²) in [6.45, 7) is 3.30.